The molecule has 0 saturated carbocycles. The van der Waals surface area contributed by atoms with Gasteiger partial charge in [-0.25, -0.2) is 0 Å². The summed E-state index contributed by atoms with van der Waals surface area (Å²) in [6, 6.07) is 17.6. The van der Waals surface area contributed by atoms with E-state index in [0.717, 1.165) is 17.7 Å². The van der Waals surface area contributed by atoms with Gasteiger partial charge >= 0.3 is 0 Å². The van der Waals surface area contributed by atoms with Crippen LogP contribution in [0.1, 0.15) is 18.1 Å². The second kappa shape index (κ2) is 7.34. The molecule has 0 aromatic heterocycles. The number of ether oxygens (including phenoxy) is 1. The number of hydrogen-bond donors (Lipinski definition) is 1. The third kappa shape index (κ3) is 4.43. The minimum atomic E-state index is -0.115. The molecule has 0 spiro atoms. The summed E-state index contributed by atoms with van der Waals surface area (Å²) in [6.07, 6.45) is 0.956. The van der Waals surface area contributed by atoms with Gasteiger partial charge in [0.2, 0.25) is 0 Å². The van der Waals surface area contributed by atoms with E-state index in [1.54, 1.807) is 0 Å². The van der Waals surface area contributed by atoms with Crippen molar-refractivity contribution in [2.75, 3.05) is 6.61 Å². The Hall–Kier alpha value is -2.29. The van der Waals surface area contributed by atoms with Crippen LogP contribution in [0.5, 0.6) is 5.75 Å². The van der Waals surface area contributed by atoms with Crippen molar-refractivity contribution in [2.45, 2.75) is 19.9 Å². The number of nitrogens with one attached hydrogen (secondary N) is 1. The summed E-state index contributed by atoms with van der Waals surface area (Å²) < 4.78 is 5.49. The van der Waals surface area contributed by atoms with Gasteiger partial charge in [-0.2, -0.15) is 0 Å². The molecule has 0 bridgehead atoms. The highest BCUT2D eigenvalue weighted by molar-refractivity contribution is 5.77. The molecule has 2 aromatic carbocycles. The number of aryl methyl sites for hydroxylation is 1. The molecule has 0 saturated heterocycles. The summed E-state index contributed by atoms with van der Waals surface area (Å²) >= 11 is 0. The van der Waals surface area contributed by atoms with Gasteiger partial charge in [0.25, 0.3) is 5.91 Å². The third-order valence-electron chi connectivity index (χ3n) is 3.01. The van der Waals surface area contributed by atoms with E-state index in [0.29, 0.717) is 6.54 Å². The molecule has 2 aromatic rings. The van der Waals surface area contributed by atoms with Crippen molar-refractivity contribution in [3.8, 4) is 5.75 Å². The van der Waals surface area contributed by atoms with Crippen LogP contribution in [0.25, 0.3) is 0 Å². The lowest BCUT2D eigenvalue weighted by molar-refractivity contribution is -0.123. The second-order valence-corrected chi connectivity index (χ2v) is 4.55. The molecular formula is C17H19NO2. The molecule has 0 radical (unpaired) electrons. The molecule has 0 atom stereocenters. The van der Waals surface area contributed by atoms with E-state index >= 15 is 0 Å². The van der Waals surface area contributed by atoms with Crippen LogP contribution >= 0.6 is 0 Å². The van der Waals surface area contributed by atoms with Gasteiger partial charge in [0.05, 0.1) is 0 Å². The van der Waals surface area contributed by atoms with Gasteiger partial charge in [0, 0.05) is 6.54 Å². The lowest BCUT2D eigenvalue weighted by atomic mass is 10.2. The van der Waals surface area contributed by atoms with E-state index in [-0.39, 0.29) is 12.5 Å². The third-order valence-corrected chi connectivity index (χ3v) is 3.01. The topological polar surface area (TPSA) is 38.3 Å². The van der Waals surface area contributed by atoms with E-state index < -0.39 is 0 Å². The standard InChI is InChI=1S/C17H19NO2/c1-2-14-9-6-10-16(11-14)20-13-17(19)18-12-15-7-4-3-5-8-15/h3-11H,2,12-13H2,1H3,(H,18,19). The quantitative estimate of drug-likeness (QED) is 0.875. The Bertz CT molecular complexity index is 552. The summed E-state index contributed by atoms with van der Waals surface area (Å²) in [7, 11) is 0. The molecule has 0 heterocycles. The van der Waals surface area contributed by atoms with Crippen LogP contribution in [0, 0.1) is 0 Å². The maximum atomic E-state index is 11.7. The molecule has 0 aliphatic heterocycles. The Balaban J connectivity index is 1.77. The Morgan fingerprint density at radius 2 is 1.80 bits per heavy atom. The monoisotopic (exact) mass is 269 g/mol. The molecule has 104 valence electrons. The largest absolute Gasteiger partial charge is 0.484 e. The smallest absolute Gasteiger partial charge is 0.258 e. The van der Waals surface area contributed by atoms with Crippen LogP contribution in [0.15, 0.2) is 54.6 Å². The van der Waals surface area contributed by atoms with Gasteiger partial charge < -0.3 is 10.1 Å². The van der Waals surface area contributed by atoms with Gasteiger partial charge in [-0.3, -0.25) is 4.79 Å². The van der Waals surface area contributed by atoms with Crippen molar-refractivity contribution in [3.63, 3.8) is 0 Å². The van der Waals surface area contributed by atoms with Crippen molar-refractivity contribution >= 4 is 5.91 Å². The molecule has 3 heteroatoms. The van der Waals surface area contributed by atoms with Crippen molar-refractivity contribution < 1.29 is 9.53 Å². The molecular weight excluding hydrogens is 250 g/mol. The normalized spacial score (nSPS) is 10.1. The predicted molar refractivity (Wildman–Crippen MR) is 79.6 cm³/mol. The number of rotatable bonds is 6. The molecule has 2 rings (SSSR count). The van der Waals surface area contributed by atoms with E-state index in [4.69, 9.17) is 4.74 Å². The van der Waals surface area contributed by atoms with Crippen LogP contribution < -0.4 is 10.1 Å². The van der Waals surface area contributed by atoms with Gasteiger partial charge in [-0.1, -0.05) is 49.4 Å². The average Bonchev–Trinajstić information content (AvgIpc) is 2.52. The molecule has 0 fully saturated rings. The summed E-state index contributed by atoms with van der Waals surface area (Å²) in [5.41, 5.74) is 2.28. The maximum Gasteiger partial charge on any atom is 0.258 e. The molecule has 20 heavy (non-hydrogen) atoms. The molecule has 1 N–H and O–H groups in total. The highest BCUT2D eigenvalue weighted by Crippen LogP contribution is 2.13. The van der Waals surface area contributed by atoms with Crippen LogP contribution in [-0.2, 0) is 17.8 Å². The van der Waals surface area contributed by atoms with E-state index in [1.165, 1.54) is 5.56 Å². The fourth-order valence-electron chi connectivity index (χ4n) is 1.85. The Labute approximate surface area is 119 Å². The number of carbonyl (C=O) groups excluding carboxylic acids is 1. The zero-order chi connectivity index (χ0) is 14.2. The van der Waals surface area contributed by atoms with Gasteiger partial charge in [-0.15, -0.1) is 0 Å². The SMILES string of the molecule is CCc1cccc(OCC(=O)NCc2ccccc2)c1. The summed E-state index contributed by atoms with van der Waals surface area (Å²) in [4.78, 5) is 11.7. The van der Waals surface area contributed by atoms with Gasteiger partial charge in [-0.05, 0) is 29.7 Å². The highest BCUT2D eigenvalue weighted by atomic mass is 16.5. The number of benzene rings is 2. The van der Waals surface area contributed by atoms with Crippen LogP contribution in [0.4, 0.5) is 0 Å². The van der Waals surface area contributed by atoms with E-state index in [9.17, 15) is 4.79 Å². The van der Waals surface area contributed by atoms with Crippen LogP contribution in [0.2, 0.25) is 0 Å². The zero-order valence-electron chi connectivity index (χ0n) is 11.6. The first-order chi connectivity index (χ1) is 9.78. The molecule has 0 unspecified atom stereocenters. The first-order valence-corrected chi connectivity index (χ1v) is 6.80. The highest BCUT2D eigenvalue weighted by Gasteiger charge is 2.03. The van der Waals surface area contributed by atoms with Crippen LogP contribution in [0.3, 0.4) is 0 Å². The Morgan fingerprint density at radius 1 is 1.05 bits per heavy atom. The Morgan fingerprint density at radius 3 is 2.55 bits per heavy atom. The Kier molecular flexibility index (Phi) is 5.18. The molecule has 1 amide bonds. The minimum Gasteiger partial charge on any atom is -0.484 e. The molecule has 3 nitrogen and oxygen atoms in total. The summed E-state index contributed by atoms with van der Waals surface area (Å²) in [5.74, 6) is 0.620. The number of amides is 1. The zero-order valence-corrected chi connectivity index (χ0v) is 11.6. The average molecular weight is 269 g/mol. The summed E-state index contributed by atoms with van der Waals surface area (Å²) in [6.45, 7) is 2.66. The van der Waals surface area contributed by atoms with E-state index in [1.807, 2.05) is 54.6 Å². The lowest BCUT2D eigenvalue weighted by Crippen LogP contribution is -2.28. The molecule has 0 aliphatic carbocycles. The lowest BCUT2D eigenvalue weighted by Gasteiger charge is -2.08. The van der Waals surface area contributed by atoms with E-state index in [2.05, 4.69) is 12.2 Å². The predicted octanol–water partition coefficient (Wildman–Crippen LogP) is 2.94. The van der Waals surface area contributed by atoms with Crippen molar-refractivity contribution in [1.29, 1.82) is 0 Å². The fourth-order valence-corrected chi connectivity index (χ4v) is 1.85. The van der Waals surface area contributed by atoms with Crippen molar-refractivity contribution in [3.05, 3.63) is 65.7 Å². The second-order valence-electron chi connectivity index (χ2n) is 4.55. The first-order valence-electron chi connectivity index (χ1n) is 6.80. The van der Waals surface area contributed by atoms with Gasteiger partial charge in [0.1, 0.15) is 5.75 Å². The first kappa shape index (κ1) is 14.1. The van der Waals surface area contributed by atoms with Crippen molar-refractivity contribution in [2.24, 2.45) is 0 Å². The maximum absolute atomic E-state index is 11.7. The summed E-state index contributed by atoms with van der Waals surface area (Å²) in [5, 5.41) is 2.83. The van der Waals surface area contributed by atoms with Gasteiger partial charge in [0.15, 0.2) is 6.61 Å². The minimum absolute atomic E-state index is 0.0417. The van der Waals surface area contributed by atoms with Crippen molar-refractivity contribution in [1.82, 2.24) is 5.32 Å². The molecule has 0 aliphatic rings. The van der Waals surface area contributed by atoms with Crippen LogP contribution in [-0.4, -0.2) is 12.5 Å². The number of carbonyl (C=O) groups is 1. The number of hydrogen-bond acceptors (Lipinski definition) is 2. The fraction of sp³-hybridized carbons (Fsp3) is 0.235.